The van der Waals surface area contributed by atoms with Crippen LogP contribution in [-0.4, -0.2) is 51.7 Å². The molecule has 2 aromatic rings. The summed E-state index contributed by atoms with van der Waals surface area (Å²) in [5.41, 5.74) is 0.665. The topological polar surface area (TPSA) is 107 Å². The first kappa shape index (κ1) is 20.7. The van der Waals surface area contributed by atoms with E-state index in [0.29, 0.717) is 22.8 Å². The number of Topliss-reactive ketones (excluding diaryl/α,β-unsaturated/α-hetero) is 1. The second-order valence-corrected chi connectivity index (χ2v) is 6.82. The van der Waals surface area contributed by atoms with Crippen LogP contribution in [0.3, 0.4) is 0 Å². The van der Waals surface area contributed by atoms with E-state index in [0.717, 1.165) is 0 Å². The summed E-state index contributed by atoms with van der Waals surface area (Å²) in [6.07, 6.45) is 0. The zero-order chi connectivity index (χ0) is 21.1. The van der Waals surface area contributed by atoms with Gasteiger partial charge in [0.25, 0.3) is 11.7 Å². The zero-order valence-electron chi connectivity index (χ0n) is 15.6. The molecule has 8 heteroatoms. The average molecular weight is 418 g/mol. The lowest BCUT2D eigenvalue weighted by Gasteiger charge is -2.25. The van der Waals surface area contributed by atoms with Crippen molar-refractivity contribution in [1.82, 2.24) is 4.90 Å². The van der Waals surface area contributed by atoms with E-state index in [2.05, 4.69) is 0 Å². The highest BCUT2D eigenvalue weighted by molar-refractivity contribution is 6.46. The maximum atomic E-state index is 12.7. The standard InChI is InChI=1S/C21H20ClNO6/c1-2-29-16-11-13(5-8-15(16)25)18-17(20(27)21(28)23(18)9-10-24)19(26)12-3-6-14(22)7-4-12/h3-8,11,18,24-26H,2,9-10H2,1H3/b19-17-. The Hall–Kier alpha value is -3.03. The van der Waals surface area contributed by atoms with E-state index >= 15 is 0 Å². The van der Waals surface area contributed by atoms with E-state index in [1.165, 1.54) is 35.2 Å². The molecule has 2 aromatic carbocycles. The number of aliphatic hydroxyl groups excluding tert-OH is 2. The van der Waals surface area contributed by atoms with Crippen LogP contribution >= 0.6 is 11.6 Å². The molecule has 0 aliphatic carbocycles. The summed E-state index contributed by atoms with van der Waals surface area (Å²) < 4.78 is 5.40. The van der Waals surface area contributed by atoms with Gasteiger partial charge >= 0.3 is 0 Å². The van der Waals surface area contributed by atoms with Gasteiger partial charge in [-0.2, -0.15) is 0 Å². The van der Waals surface area contributed by atoms with Crippen molar-refractivity contribution in [3.8, 4) is 11.5 Å². The number of β-amino-alcohol motifs (C(OH)–C–C–N with tert-alkyl or cyclic N) is 1. The zero-order valence-corrected chi connectivity index (χ0v) is 16.4. The number of phenolic OH excluding ortho intramolecular Hbond substituents is 1. The minimum Gasteiger partial charge on any atom is -0.507 e. The summed E-state index contributed by atoms with van der Waals surface area (Å²) in [4.78, 5) is 26.5. The summed E-state index contributed by atoms with van der Waals surface area (Å²) >= 11 is 5.89. The predicted molar refractivity (Wildman–Crippen MR) is 107 cm³/mol. The molecule has 152 valence electrons. The second kappa shape index (κ2) is 8.55. The first-order valence-corrected chi connectivity index (χ1v) is 9.37. The fourth-order valence-electron chi connectivity index (χ4n) is 3.30. The number of hydrogen-bond donors (Lipinski definition) is 3. The Morgan fingerprint density at radius 2 is 1.86 bits per heavy atom. The Balaban J connectivity index is 2.19. The van der Waals surface area contributed by atoms with E-state index in [9.17, 15) is 24.9 Å². The van der Waals surface area contributed by atoms with Gasteiger partial charge in [0, 0.05) is 17.1 Å². The van der Waals surface area contributed by atoms with E-state index in [4.69, 9.17) is 16.3 Å². The van der Waals surface area contributed by atoms with Crippen molar-refractivity contribution in [3.63, 3.8) is 0 Å². The number of ketones is 1. The predicted octanol–water partition coefficient (Wildman–Crippen LogP) is 2.86. The molecule has 1 heterocycles. The number of phenols is 1. The van der Waals surface area contributed by atoms with Crippen LogP contribution in [0.15, 0.2) is 48.0 Å². The smallest absolute Gasteiger partial charge is 0.295 e. The summed E-state index contributed by atoms with van der Waals surface area (Å²) in [6, 6.07) is 9.68. The molecular weight excluding hydrogens is 398 g/mol. The maximum Gasteiger partial charge on any atom is 0.295 e. The number of aromatic hydroxyl groups is 1. The van der Waals surface area contributed by atoms with Crippen LogP contribution in [0.1, 0.15) is 24.1 Å². The molecule has 1 fully saturated rings. The third-order valence-electron chi connectivity index (χ3n) is 4.60. The van der Waals surface area contributed by atoms with Crippen LogP contribution in [0.4, 0.5) is 0 Å². The molecule has 0 bridgehead atoms. The Bertz CT molecular complexity index is 970. The number of hydrogen-bond acceptors (Lipinski definition) is 6. The minimum atomic E-state index is -0.947. The Kier molecular flexibility index (Phi) is 6.10. The van der Waals surface area contributed by atoms with Gasteiger partial charge in [0.1, 0.15) is 5.76 Å². The van der Waals surface area contributed by atoms with Crippen molar-refractivity contribution in [2.45, 2.75) is 13.0 Å². The second-order valence-electron chi connectivity index (χ2n) is 6.38. The number of amides is 1. The van der Waals surface area contributed by atoms with Gasteiger partial charge < -0.3 is 25.0 Å². The molecular formula is C21H20ClNO6. The first-order valence-electron chi connectivity index (χ1n) is 9.00. The van der Waals surface area contributed by atoms with Crippen LogP contribution in [0.5, 0.6) is 11.5 Å². The van der Waals surface area contributed by atoms with Crippen molar-refractivity contribution in [3.05, 3.63) is 64.2 Å². The van der Waals surface area contributed by atoms with E-state index in [1.54, 1.807) is 19.1 Å². The molecule has 1 atom stereocenters. The Labute approximate surface area is 172 Å². The van der Waals surface area contributed by atoms with E-state index in [-0.39, 0.29) is 36.0 Å². The molecule has 1 saturated heterocycles. The van der Waals surface area contributed by atoms with Gasteiger partial charge in [0.05, 0.1) is 24.8 Å². The van der Waals surface area contributed by atoms with Crippen LogP contribution in [0.2, 0.25) is 5.02 Å². The SMILES string of the molecule is CCOc1cc(C2/C(=C(/O)c3ccc(Cl)cc3)C(=O)C(=O)N2CCO)ccc1O. The number of likely N-dealkylation sites (tertiary alicyclic amines) is 1. The molecule has 0 spiro atoms. The molecule has 0 saturated carbocycles. The quantitative estimate of drug-likeness (QED) is 0.379. The lowest BCUT2D eigenvalue weighted by Crippen LogP contribution is -2.32. The van der Waals surface area contributed by atoms with E-state index in [1.807, 2.05) is 0 Å². The van der Waals surface area contributed by atoms with Crippen molar-refractivity contribution in [2.75, 3.05) is 19.8 Å². The lowest BCUT2D eigenvalue weighted by atomic mass is 9.95. The molecule has 29 heavy (non-hydrogen) atoms. The molecule has 3 N–H and O–H groups in total. The Morgan fingerprint density at radius 1 is 1.17 bits per heavy atom. The van der Waals surface area contributed by atoms with Gasteiger partial charge in [0.15, 0.2) is 11.5 Å². The molecule has 1 aliphatic heterocycles. The van der Waals surface area contributed by atoms with Crippen LogP contribution in [0.25, 0.3) is 5.76 Å². The van der Waals surface area contributed by atoms with Gasteiger partial charge in [-0.1, -0.05) is 17.7 Å². The monoisotopic (exact) mass is 417 g/mol. The Morgan fingerprint density at radius 3 is 2.48 bits per heavy atom. The molecule has 1 unspecified atom stereocenters. The summed E-state index contributed by atoms with van der Waals surface area (Å²) in [7, 11) is 0. The largest absolute Gasteiger partial charge is 0.507 e. The van der Waals surface area contributed by atoms with Crippen molar-refractivity contribution >= 4 is 29.1 Å². The maximum absolute atomic E-state index is 12.7. The van der Waals surface area contributed by atoms with Gasteiger partial charge in [-0.05, 0) is 48.9 Å². The average Bonchev–Trinajstić information content (AvgIpc) is 2.95. The van der Waals surface area contributed by atoms with Crippen molar-refractivity contribution in [1.29, 1.82) is 0 Å². The van der Waals surface area contributed by atoms with Crippen LogP contribution in [-0.2, 0) is 9.59 Å². The molecule has 7 nitrogen and oxygen atoms in total. The molecule has 0 aromatic heterocycles. The van der Waals surface area contributed by atoms with Gasteiger partial charge in [-0.15, -0.1) is 0 Å². The molecule has 3 rings (SSSR count). The van der Waals surface area contributed by atoms with Crippen molar-refractivity contribution in [2.24, 2.45) is 0 Å². The lowest BCUT2D eigenvalue weighted by molar-refractivity contribution is -0.140. The molecule has 1 aliphatic rings. The summed E-state index contributed by atoms with van der Waals surface area (Å²) in [5, 5.41) is 30.7. The normalized spacial score (nSPS) is 18.3. The fraction of sp³-hybridized carbons (Fsp3) is 0.238. The van der Waals surface area contributed by atoms with Gasteiger partial charge in [0.2, 0.25) is 0 Å². The third kappa shape index (κ3) is 3.92. The van der Waals surface area contributed by atoms with Gasteiger partial charge in [-0.25, -0.2) is 0 Å². The van der Waals surface area contributed by atoms with Crippen LogP contribution in [0, 0.1) is 0 Å². The number of aliphatic hydroxyl groups is 2. The number of carbonyl (C=O) groups excluding carboxylic acids is 2. The number of rotatable bonds is 6. The summed E-state index contributed by atoms with van der Waals surface area (Å²) in [6.45, 7) is 1.60. The fourth-order valence-corrected chi connectivity index (χ4v) is 3.43. The number of carbonyl (C=O) groups is 2. The van der Waals surface area contributed by atoms with E-state index < -0.39 is 17.7 Å². The number of nitrogens with zero attached hydrogens (tertiary/aromatic N) is 1. The number of benzene rings is 2. The van der Waals surface area contributed by atoms with Crippen molar-refractivity contribution < 1.29 is 29.6 Å². The minimum absolute atomic E-state index is 0.0904. The van der Waals surface area contributed by atoms with Gasteiger partial charge in [-0.3, -0.25) is 9.59 Å². The highest BCUT2D eigenvalue weighted by Crippen LogP contribution is 2.41. The third-order valence-corrected chi connectivity index (χ3v) is 4.85. The molecule has 1 amide bonds. The number of halogens is 1. The number of ether oxygens (including phenoxy) is 1. The summed E-state index contributed by atoms with van der Waals surface area (Å²) in [5.74, 6) is -1.94. The highest BCUT2D eigenvalue weighted by atomic mass is 35.5. The highest BCUT2D eigenvalue weighted by Gasteiger charge is 2.46. The first-order chi connectivity index (χ1) is 13.9. The van der Waals surface area contributed by atoms with Crippen LogP contribution < -0.4 is 4.74 Å². The molecule has 0 radical (unpaired) electrons.